The fourth-order valence-corrected chi connectivity index (χ4v) is 2.46. The van der Waals surface area contributed by atoms with Gasteiger partial charge < -0.3 is 9.80 Å². The summed E-state index contributed by atoms with van der Waals surface area (Å²) in [4.78, 5) is 24.2. The molecule has 1 aliphatic rings. The van der Waals surface area contributed by atoms with Gasteiger partial charge in [0.25, 0.3) is 0 Å². The Morgan fingerprint density at radius 2 is 2.11 bits per heavy atom. The average Bonchev–Trinajstić information content (AvgIpc) is 2.39. The molecule has 0 radical (unpaired) electrons. The van der Waals surface area contributed by atoms with Crippen molar-refractivity contribution < 1.29 is 4.79 Å². The number of hydrogen-bond donors (Lipinski definition) is 0. The molecule has 5 nitrogen and oxygen atoms in total. The lowest BCUT2D eigenvalue weighted by atomic mass is 9.94. The highest BCUT2D eigenvalue weighted by atomic mass is 16.2. The van der Waals surface area contributed by atoms with Gasteiger partial charge >= 0.3 is 0 Å². The summed E-state index contributed by atoms with van der Waals surface area (Å²) >= 11 is 0. The van der Waals surface area contributed by atoms with Crippen molar-refractivity contribution in [3.8, 4) is 0 Å². The molecule has 1 fully saturated rings. The van der Waals surface area contributed by atoms with E-state index in [0.717, 1.165) is 37.4 Å². The van der Waals surface area contributed by atoms with Gasteiger partial charge in [0.05, 0.1) is 5.69 Å². The monoisotopic (exact) mass is 248 g/mol. The molecule has 1 aromatic heterocycles. The minimum atomic E-state index is 0.148. The van der Waals surface area contributed by atoms with Crippen LogP contribution in [0.2, 0.25) is 0 Å². The van der Waals surface area contributed by atoms with Crippen molar-refractivity contribution in [2.24, 2.45) is 0 Å². The van der Waals surface area contributed by atoms with Gasteiger partial charge in [0, 0.05) is 52.4 Å². The molecular weight excluding hydrogens is 228 g/mol. The maximum Gasteiger partial charge on any atom is 0.219 e. The van der Waals surface area contributed by atoms with Crippen LogP contribution in [-0.4, -0.2) is 48.0 Å². The highest BCUT2D eigenvalue weighted by Crippen LogP contribution is 2.30. The largest absolute Gasteiger partial charge is 0.361 e. The summed E-state index contributed by atoms with van der Waals surface area (Å²) in [5, 5.41) is 0. The Kier molecular flexibility index (Phi) is 3.79. The SMILES string of the molecule is CC(=O)N1CCC[C@H](c2nccnc2N(C)C)C1. The maximum atomic E-state index is 11.5. The third kappa shape index (κ3) is 2.60. The van der Waals surface area contributed by atoms with Gasteiger partial charge in [-0.15, -0.1) is 0 Å². The van der Waals surface area contributed by atoms with Crippen molar-refractivity contribution in [3.05, 3.63) is 18.1 Å². The molecule has 0 saturated carbocycles. The molecule has 1 aliphatic heterocycles. The summed E-state index contributed by atoms with van der Waals surface area (Å²) in [5.41, 5.74) is 1.01. The van der Waals surface area contributed by atoms with Gasteiger partial charge in [-0.25, -0.2) is 4.98 Å². The molecule has 98 valence electrons. The highest BCUT2D eigenvalue weighted by Gasteiger charge is 2.26. The Balaban J connectivity index is 2.23. The normalized spacial score (nSPS) is 19.7. The Morgan fingerprint density at radius 1 is 1.39 bits per heavy atom. The van der Waals surface area contributed by atoms with E-state index in [-0.39, 0.29) is 5.91 Å². The minimum Gasteiger partial charge on any atom is -0.361 e. The predicted molar refractivity (Wildman–Crippen MR) is 70.6 cm³/mol. The van der Waals surface area contributed by atoms with Gasteiger partial charge in [-0.3, -0.25) is 9.78 Å². The Labute approximate surface area is 108 Å². The van der Waals surface area contributed by atoms with E-state index >= 15 is 0 Å². The van der Waals surface area contributed by atoms with Crippen molar-refractivity contribution in [2.45, 2.75) is 25.7 Å². The van der Waals surface area contributed by atoms with Gasteiger partial charge in [0.1, 0.15) is 5.82 Å². The molecule has 5 heteroatoms. The lowest BCUT2D eigenvalue weighted by Gasteiger charge is -2.32. The molecule has 1 saturated heterocycles. The molecule has 18 heavy (non-hydrogen) atoms. The number of carbonyl (C=O) groups is 1. The topological polar surface area (TPSA) is 49.3 Å². The van der Waals surface area contributed by atoms with Crippen LogP contribution >= 0.6 is 0 Å². The smallest absolute Gasteiger partial charge is 0.219 e. The lowest BCUT2D eigenvalue weighted by molar-refractivity contribution is -0.130. The predicted octanol–water partition coefficient (Wildman–Crippen LogP) is 1.27. The summed E-state index contributed by atoms with van der Waals surface area (Å²) in [5.74, 6) is 1.36. The van der Waals surface area contributed by atoms with Gasteiger partial charge in [-0.1, -0.05) is 0 Å². The number of amides is 1. The molecule has 2 rings (SSSR count). The number of hydrogen-bond acceptors (Lipinski definition) is 4. The van der Waals surface area contributed by atoms with Crippen LogP contribution in [0.4, 0.5) is 5.82 Å². The summed E-state index contributed by atoms with van der Waals surface area (Å²) in [7, 11) is 3.94. The van der Waals surface area contributed by atoms with Crippen LogP contribution in [0.15, 0.2) is 12.4 Å². The van der Waals surface area contributed by atoms with Gasteiger partial charge in [-0.05, 0) is 12.8 Å². The first-order valence-electron chi connectivity index (χ1n) is 6.33. The van der Waals surface area contributed by atoms with Crippen LogP contribution in [0.5, 0.6) is 0 Å². The van der Waals surface area contributed by atoms with E-state index < -0.39 is 0 Å². The van der Waals surface area contributed by atoms with Crippen LogP contribution in [0.3, 0.4) is 0 Å². The Morgan fingerprint density at radius 3 is 2.78 bits per heavy atom. The zero-order chi connectivity index (χ0) is 13.1. The molecule has 0 N–H and O–H groups in total. The number of likely N-dealkylation sites (tertiary alicyclic amines) is 1. The Bertz CT molecular complexity index is 433. The van der Waals surface area contributed by atoms with E-state index in [1.165, 1.54) is 0 Å². The fraction of sp³-hybridized carbons (Fsp3) is 0.615. The summed E-state index contributed by atoms with van der Waals surface area (Å²) < 4.78 is 0. The molecule has 0 aliphatic carbocycles. The van der Waals surface area contributed by atoms with E-state index in [4.69, 9.17) is 0 Å². The average molecular weight is 248 g/mol. The van der Waals surface area contributed by atoms with E-state index in [9.17, 15) is 4.79 Å². The standard InChI is InChI=1S/C13H20N4O/c1-10(18)17-8-4-5-11(9-17)12-13(16(2)3)15-7-6-14-12/h6-7,11H,4-5,8-9H2,1-3H3/t11-/m0/s1. The first kappa shape index (κ1) is 12.8. The van der Waals surface area contributed by atoms with Crippen molar-refractivity contribution in [2.75, 3.05) is 32.1 Å². The quantitative estimate of drug-likeness (QED) is 0.791. The minimum absolute atomic E-state index is 0.148. The van der Waals surface area contributed by atoms with Crippen LogP contribution in [-0.2, 0) is 4.79 Å². The molecule has 0 spiro atoms. The maximum absolute atomic E-state index is 11.5. The number of nitrogens with zero attached hydrogens (tertiary/aromatic N) is 4. The lowest BCUT2D eigenvalue weighted by Crippen LogP contribution is -2.38. The second-order valence-electron chi connectivity index (χ2n) is 4.96. The zero-order valence-electron chi connectivity index (χ0n) is 11.3. The highest BCUT2D eigenvalue weighted by molar-refractivity contribution is 5.73. The molecule has 2 heterocycles. The van der Waals surface area contributed by atoms with Crippen molar-refractivity contribution >= 4 is 11.7 Å². The molecule has 0 unspecified atom stereocenters. The van der Waals surface area contributed by atoms with Gasteiger partial charge in [0.15, 0.2) is 0 Å². The number of aromatic nitrogens is 2. The molecular formula is C13H20N4O. The van der Waals surface area contributed by atoms with Crippen LogP contribution in [0.1, 0.15) is 31.4 Å². The Hall–Kier alpha value is -1.65. The van der Waals surface area contributed by atoms with Crippen molar-refractivity contribution in [1.29, 1.82) is 0 Å². The third-order valence-corrected chi connectivity index (χ3v) is 3.38. The van der Waals surface area contributed by atoms with Crippen LogP contribution in [0.25, 0.3) is 0 Å². The number of anilines is 1. The number of rotatable bonds is 2. The molecule has 0 aromatic carbocycles. The second kappa shape index (κ2) is 5.33. The number of piperidine rings is 1. The molecule has 1 aromatic rings. The van der Waals surface area contributed by atoms with E-state index in [1.807, 2.05) is 23.9 Å². The van der Waals surface area contributed by atoms with Crippen molar-refractivity contribution in [3.63, 3.8) is 0 Å². The molecule has 1 atom stereocenters. The second-order valence-corrected chi connectivity index (χ2v) is 4.96. The van der Waals surface area contributed by atoms with Crippen LogP contribution < -0.4 is 4.90 Å². The summed E-state index contributed by atoms with van der Waals surface area (Å²) in [6.07, 6.45) is 5.55. The van der Waals surface area contributed by atoms with E-state index in [1.54, 1.807) is 19.3 Å². The number of carbonyl (C=O) groups excluding carboxylic acids is 1. The van der Waals surface area contributed by atoms with E-state index in [0.29, 0.717) is 5.92 Å². The molecule has 1 amide bonds. The summed E-state index contributed by atoms with van der Waals surface area (Å²) in [6, 6.07) is 0. The summed E-state index contributed by atoms with van der Waals surface area (Å²) in [6.45, 7) is 3.25. The van der Waals surface area contributed by atoms with Crippen LogP contribution in [0, 0.1) is 0 Å². The third-order valence-electron chi connectivity index (χ3n) is 3.38. The first-order chi connectivity index (χ1) is 8.59. The van der Waals surface area contributed by atoms with Crippen molar-refractivity contribution in [1.82, 2.24) is 14.9 Å². The fourth-order valence-electron chi connectivity index (χ4n) is 2.46. The van der Waals surface area contributed by atoms with Gasteiger partial charge in [-0.2, -0.15) is 0 Å². The first-order valence-corrected chi connectivity index (χ1v) is 6.33. The van der Waals surface area contributed by atoms with E-state index in [2.05, 4.69) is 9.97 Å². The van der Waals surface area contributed by atoms with Gasteiger partial charge in [0.2, 0.25) is 5.91 Å². The zero-order valence-corrected chi connectivity index (χ0v) is 11.3. The molecule has 0 bridgehead atoms.